The first kappa shape index (κ1) is 24.4. The fourth-order valence-electron chi connectivity index (χ4n) is 4.19. The number of nitrogens with one attached hydrogen (secondary N) is 1. The summed E-state index contributed by atoms with van der Waals surface area (Å²) in [6.07, 6.45) is 2.00. The number of rotatable bonds is 7. The van der Waals surface area contributed by atoms with Gasteiger partial charge in [0.1, 0.15) is 12.3 Å². The van der Waals surface area contributed by atoms with Crippen molar-refractivity contribution >= 4 is 51.8 Å². The van der Waals surface area contributed by atoms with E-state index >= 15 is 0 Å². The second-order valence-electron chi connectivity index (χ2n) is 8.38. The molecule has 1 aliphatic heterocycles. The van der Waals surface area contributed by atoms with Gasteiger partial charge in [-0.25, -0.2) is 0 Å². The Balaban J connectivity index is 1.46. The molecule has 2 heterocycles. The Labute approximate surface area is 208 Å². The number of nitrogens with zero attached hydrogens (tertiary/aromatic N) is 2. The number of amides is 2. The van der Waals surface area contributed by atoms with E-state index in [0.717, 1.165) is 15.8 Å². The van der Waals surface area contributed by atoms with Crippen LogP contribution in [0.2, 0.25) is 5.02 Å². The van der Waals surface area contributed by atoms with Gasteiger partial charge in [0.05, 0.1) is 30.8 Å². The summed E-state index contributed by atoms with van der Waals surface area (Å²) in [5.41, 5.74) is 1.49. The van der Waals surface area contributed by atoms with Gasteiger partial charge in [0.15, 0.2) is 0 Å². The fourth-order valence-corrected chi connectivity index (χ4v) is 5.25. The van der Waals surface area contributed by atoms with Crippen molar-refractivity contribution in [1.29, 1.82) is 0 Å². The van der Waals surface area contributed by atoms with Gasteiger partial charge in [0, 0.05) is 40.1 Å². The maximum absolute atomic E-state index is 13.0. The Morgan fingerprint density at radius 2 is 1.91 bits per heavy atom. The van der Waals surface area contributed by atoms with Gasteiger partial charge in [-0.15, -0.1) is 11.8 Å². The zero-order valence-electron chi connectivity index (χ0n) is 19.4. The van der Waals surface area contributed by atoms with E-state index in [-0.39, 0.29) is 36.3 Å². The second-order valence-corrected chi connectivity index (χ2v) is 9.83. The van der Waals surface area contributed by atoms with Crippen LogP contribution < -0.4 is 10.1 Å². The van der Waals surface area contributed by atoms with Crippen molar-refractivity contribution in [2.24, 2.45) is 0 Å². The highest BCUT2D eigenvalue weighted by atomic mass is 35.5. The van der Waals surface area contributed by atoms with Crippen LogP contribution in [0.15, 0.2) is 53.6 Å². The number of hydrogen-bond acceptors (Lipinski definition) is 5. The van der Waals surface area contributed by atoms with Crippen molar-refractivity contribution in [2.45, 2.75) is 37.5 Å². The standard InChI is InChI=1S/C25H28ClN3O4S/c1-16-11-29(12-17(2)33-16)25(31)14-28-13-23(19-6-4-5-7-21(19)28)34-15-24(30)27-20-10-18(26)8-9-22(20)32-3/h4-10,13,16-17H,11-12,14-15H2,1-3H3,(H,27,30)/t16-,17-/m0/s1. The third-order valence-electron chi connectivity index (χ3n) is 5.62. The minimum atomic E-state index is -0.172. The second kappa shape index (κ2) is 10.7. The van der Waals surface area contributed by atoms with E-state index in [1.165, 1.54) is 11.8 Å². The lowest BCUT2D eigenvalue weighted by atomic mass is 10.2. The number of para-hydroxylation sites is 1. The van der Waals surface area contributed by atoms with Gasteiger partial charge in [0.25, 0.3) is 0 Å². The highest BCUT2D eigenvalue weighted by Gasteiger charge is 2.26. The van der Waals surface area contributed by atoms with Crippen LogP contribution in [-0.2, 0) is 20.9 Å². The molecule has 34 heavy (non-hydrogen) atoms. The molecule has 2 aromatic carbocycles. The van der Waals surface area contributed by atoms with Crippen molar-refractivity contribution in [3.63, 3.8) is 0 Å². The van der Waals surface area contributed by atoms with E-state index in [1.54, 1.807) is 25.3 Å². The van der Waals surface area contributed by atoms with E-state index in [1.807, 2.05) is 53.8 Å². The van der Waals surface area contributed by atoms with Crippen LogP contribution in [-0.4, -0.2) is 59.4 Å². The summed E-state index contributed by atoms with van der Waals surface area (Å²) < 4.78 is 13.0. The monoisotopic (exact) mass is 501 g/mol. The number of halogens is 1. The zero-order valence-corrected chi connectivity index (χ0v) is 21.0. The van der Waals surface area contributed by atoms with Crippen LogP contribution in [0.1, 0.15) is 13.8 Å². The van der Waals surface area contributed by atoms with Crippen molar-refractivity contribution in [2.75, 3.05) is 31.3 Å². The quantitative estimate of drug-likeness (QED) is 0.476. The number of morpholine rings is 1. The fraction of sp³-hybridized carbons (Fsp3) is 0.360. The predicted octanol–water partition coefficient (Wildman–Crippen LogP) is 4.67. The van der Waals surface area contributed by atoms with Crippen LogP contribution in [0.5, 0.6) is 5.75 Å². The summed E-state index contributed by atoms with van der Waals surface area (Å²) in [6, 6.07) is 13.0. The zero-order chi connectivity index (χ0) is 24.2. The lowest BCUT2D eigenvalue weighted by Crippen LogP contribution is -2.49. The molecule has 0 spiro atoms. The number of ether oxygens (including phenoxy) is 2. The average Bonchev–Trinajstić information content (AvgIpc) is 3.14. The van der Waals surface area contributed by atoms with Gasteiger partial charge in [-0.3, -0.25) is 9.59 Å². The minimum Gasteiger partial charge on any atom is -0.495 e. The van der Waals surface area contributed by atoms with Crippen molar-refractivity contribution in [3.8, 4) is 5.75 Å². The Morgan fingerprint density at radius 1 is 1.18 bits per heavy atom. The molecule has 1 aliphatic rings. The minimum absolute atomic E-state index is 0.0249. The molecule has 9 heteroatoms. The average molecular weight is 502 g/mol. The third-order valence-corrected chi connectivity index (χ3v) is 6.90. The third kappa shape index (κ3) is 5.68. The normalized spacial score (nSPS) is 18.2. The van der Waals surface area contributed by atoms with E-state index in [0.29, 0.717) is 29.5 Å². The van der Waals surface area contributed by atoms with Crippen LogP contribution in [0.4, 0.5) is 5.69 Å². The van der Waals surface area contributed by atoms with E-state index < -0.39 is 0 Å². The molecule has 2 atom stereocenters. The van der Waals surface area contributed by atoms with E-state index in [4.69, 9.17) is 21.1 Å². The molecule has 2 amide bonds. The molecule has 0 radical (unpaired) electrons. The molecular weight excluding hydrogens is 474 g/mol. The predicted molar refractivity (Wildman–Crippen MR) is 136 cm³/mol. The Morgan fingerprint density at radius 3 is 2.65 bits per heavy atom. The molecular formula is C25H28ClN3O4S. The summed E-state index contributed by atoms with van der Waals surface area (Å²) in [5, 5.41) is 4.39. The van der Waals surface area contributed by atoms with E-state index in [2.05, 4.69) is 5.32 Å². The summed E-state index contributed by atoms with van der Waals surface area (Å²) in [4.78, 5) is 28.5. The maximum atomic E-state index is 13.0. The van der Waals surface area contributed by atoms with Crippen LogP contribution >= 0.6 is 23.4 Å². The van der Waals surface area contributed by atoms with Crippen LogP contribution in [0.3, 0.4) is 0 Å². The van der Waals surface area contributed by atoms with Crippen molar-refractivity contribution < 1.29 is 19.1 Å². The molecule has 0 bridgehead atoms. The first-order chi connectivity index (χ1) is 16.3. The highest BCUT2D eigenvalue weighted by molar-refractivity contribution is 8.00. The van der Waals surface area contributed by atoms with Gasteiger partial charge in [0.2, 0.25) is 11.8 Å². The summed E-state index contributed by atoms with van der Waals surface area (Å²) >= 11 is 7.49. The topological polar surface area (TPSA) is 72.8 Å². The number of carbonyl (C=O) groups excluding carboxylic acids is 2. The van der Waals surface area contributed by atoms with Gasteiger partial charge < -0.3 is 24.3 Å². The largest absolute Gasteiger partial charge is 0.495 e. The van der Waals surface area contributed by atoms with Crippen molar-refractivity contribution in [1.82, 2.24) is 9.47 Å². The molecule has 0 aliphatic carbocycles. The molecule has 1 saturated heterocycles. The molecule has 1 N–H and O–H groups in total. The molecule has 0 unspecified atom stereocenters. The lowest BCUT2D eigenvalue weighted by molar-refractivity contribution is -0.143. The molecule has 0 saturated carbocycles. The first-order valence-corrected chi connectivity index (χ1v) is 12.5. The number of hydrogen-bond donors (Lipinski definition) is 1. The highest BCUT2D eigenvalue weighted by Crippen LogP contribution is 2.31. The Kier molecular flexibility index (Phi) is 7.70. The first-order valence-electron chi connectivity index (χ1n) is 11.1. The van der Waals surface area contributed by atoms with Crippen LogP contribution in [0, 0.1) is 0 Å². The number of methoxy groups -OCH3 is 1. The SMILES string of the molecule is COc1ccc(Cl)cc1NC(=O)CSc1cn(CC(=O)N2C[C@H](C)O[C@@H](C)C2)c2ccccc12. The number of thioether (sulfide) groups is 1. The molecule has 1 fully saturated rings. The number of fused-ring (bicyclic) bond motifs is 1. The molecule has 180 valence electrons. The number of benzene rings is 2. The van der Waals surface area contributed by atoms with Crippen LogP contribution in [0.25, 0.3) is 10.9 Å². The summed E-state index contributed by atoms with van der Waals surface area (Å²) in [7, 11) is 1.54. The van der Waals surface area contributed by atoms with Crippen molar-refractivity contribution in [3.05, 3.63) is 53.7 Å². The van der Waals surface area contributed by atoms with E-state index in [9.17, 15) is 9.59 Å². The Bertz CT molecular complexity index is 1190. The number of aromatic nitrogens is 1. The number of anilines is 1. The Hall–Kier alpha value is -2.68. The lowest BCUT2D eigenvalue weighted by Gasteiger charge is -2.35. The number of carbonyl (C=O) groups is 2. The van der Waals surface area contributed by atoms with Gasteiger partial charge in [-0.1, -0.05) is 29.8 Å². The summed E-state index contributed by atoms with van der Waals surface area (Å²) in [5.74, 6) is 0.639. The molecule has 1 aromatic heterocycles. The molecule has 3 aromatic rings. The molecule has 7 nitrogen and oxygen atoms in total. The molecule has 4 rings (SSSR count). The maximum Gasteiger partial charge on any atom is 0.242 e. The van der Waals surface area contributed by atoms with Gasteiger partial charge >= 0.3 is 0 Å². The van der Waals surface area contributed by atoms with Gasteiger partial charge in [-0.05, 0) is 38.1 Å². The smallest absolute Gasteiger partial charge is 0.242 e. The van der Waals surface area contributed by atoms with Gasteiger partial charge in [-0.2, -0.15) is 0 Å². The summed E-state index contributed by atoms with van der Waals surface area (Å²) in [6.45, 7) is 5.40.